The first kappa shape index (κ1) is 32.2. The molecule has 0 aliphatic heterocycles. The predicted octanol–water partition coefficient (Wildman–Crippen LogP) is 9.10. The highest BCUT2D eigenvalue weighted by Crippen LogP contribution is 2.14. The van der Waals surface area contributed by atoms with Crippen LogP contribution in [0.4, 0.5) is 0 Å². The van der Waals surface area contributed by atoms with Crippen LogP contribution >= 0.6 is 0 Å². The summed E-state index contributed by atoms with van der Waals surface area (Å²) in [7, 11) is 0. The van der Waals surface area contributed by atoms with Crippen molar-refractivity contribution < 1.29 is 19.4 Å². The molecule has 0 fully saturated rings. The van der Waals surface area contributed by atoms with E-state index in [4.69, 9.17) is 9.84 Å². The summed E-state index contributed by atoms with van der Waals surface area (Å²) < 4.78 is 5.77. The van der Waals surface area contributed by atoms with Crippen molar-refractivity contribution in [2.45, 2.75) is 142 Å². The van der Waals surface area contributed by atoms with Gasteiger partial charge in [-0.15, -0.1) is 0 Å². The maximum atomic E-state index is 12.4. The molecule has 1 unspecified atom stereocenters. The average molecular weight is 477 g/mol. The van der Waals surface area contributed by atoms with Gasteiger partial charge in [0.25, 0.3) is 0 Å². The normalized spacial score (nSPS) is 12.8. The van der Waals surface area contributed by atoms with Crippen LogP contribution in [0.3, 0.4) is 0 Å². The molecule has 0 amide bonds. The van der Waals surface area contributed by atoms with Gasteiger partial charge in [0.05, 0.1) is 0 Å². The number of esters is 1. The summed E-state index contributed by atoms with van der Waals surface area (Å²) >= 11 is 0. The minimum absolute atomic E-state index is 0.0938. The minimum atomic E-state index is -0.732. The van der Waals surface area contributed by atoms with E-state index in [1.54, 1.807) is 0 Å². The number of carbonyl (C=O) groups excluding carboxylic acids is 1. The van der Waals surface area contributed by atoms with Crippen molar-refractivity contribution in [1.82, 2.24) is 0 Å². The largest absolute Gasteiger partial charge is 0.481 e. The minimum Gasteiger partial charge on any atom is -0.481 e. The molecule has 0 saturated carbocycles. The number of hydrogen-bond acceptors (Lipinski definition) is 3. The van der Waals surface area contributed by atoms with E-state index in [9.17, 15) is 9.59 Å². The molecule has 0 aromatic carbocycles. The molecule has 0 rings (SSSR count). The second-order valence-corrected chi connectivity index (χ2v) is 9.20. The molecule has 0 radical (unpaired) electrons. The first-order chi connectivity index (χ1) is 16.6. The number of carbonyl (C=O) groups is 2. The quantitative estimate of drug-likeness (QED) is 0.0857. The molecular formula is C30H52O4. The first-order valence-corrected chi connectivity index (χ1v) is 14.0. The number of aliphatic carboxylic acids is 1. The highest BCUT2D eigenvalue weighted by atomic mass is 16.5. The van der Waals surface area contributed by atoms with Gasteiger partial charge in [-0.05, 0) is 51.0 Å². The SMILES string of the molecule is CC/C=C\C/C=C\C/C=C\C(CCCCCCC(=O)O)OC(=O)CCCCCCCCCCC. The number of rotatable bonds is 24. The third-order valence-electron chi connectivity index (χ3n) is 5.86. The van der Waals surface area contributed by atoms with Gasteiger partial charge in [-0.1, -0.05) is 108 Å². The molecule has 0 aromatic heterocycles. The van der Waals surface area contributed by atoms with E-state index in [0.717, 1.165) is 57.8 Å². The molecule has 0 aliphatic rings. The Kier molecular flexibility index (Phi) is 24.4. The zero-order valence-electron chi connectivity index (χ0n) is 22.1. The third kappa shape index (κ3) is 24.8. The molecule has 4 nitrogen and oxygen atoms in total. The second kappa shape index (κ2) is 25.8. The molecule has 0 bridgehead atoms. The maximum Gasteiger partial charge on any atom is 0.306 e. The van der Waals surface area contributed by atoms with Gasteiger partial charge in [0.1, 0.15) is 6.10 Å². The number of carboxylic acid groups (broad SMARTS) is 1. The van der Waals surface area contributed by atoms with Gasteiger partial charge >= 0.3 is 11.9 Å². The number of carboxylic acids is 1. The Bertz CT molecular complexity index is 562. The average Bonchev–Trinajstić information content (AvgIpc) is 2.81. The van der Waals surface area contributed by atoms with Gasteiger partial charge in [-0.2, -0.15) is 0 Å². The van der Waals surface area contributed by atoms with E-state index in [2.05, 4.69) is 44.2 Å². The van der Waals surface area contributed by atoms with Crippen molar-refractivity contribution in [3.05, 3.63) is 36.5 Å². The van der Waals surface area contributed by atoms with E-state index >= 15 is 0 Å². The molecule has 1 N–H and O–H groups in total. The van der Waals surface area contributed by atoms with E-state index < -0.39 is 5.97 Å². The van der Waals surface area contributed by atoms with Crippen molar-refractivity contribution in [3.63, 3.8) is 0 Å². The van der Waals surface area contributed by atoms with Crippen molar-refractivity contribution in [1.29, 1.82) is 0 Å². The molecule has 34 heavy (non-hydrogen) atoms. The van der Waals surface area contributed by atoms with E-state index in [1.807, 2.05) is 6.08 Å². The standard InChI is InChI=1S/C30H52O4/c1-3-5-7-9-11-13-15-17-23-27-30(33)34-28(25-21-18-19-22-26-29(31)32)24-20-16-14-12-10-8-6-4-2/h6,8,12,14,20,24,28H,3-5,7,9-11,13,15-19,21-23,25-27H2,1-2H3,(H,31,32)/b8-6-,14-12-,24-20-. The van der Waals surface area contributed by atoms with Crippen molar-refractivity contribution >= 4 is 11.9 Å². The monoisotopic (exact) mass is 476 g/mol. The fourth-order valence-corrected chi connectivity index (χ4v) is 3.82. The summed E-state index contributed by atoms with van der Waals surface area (Å²) in [6, 6.07) is 0. The summed E-state index contributed by atoms with van der Waals surface area (Å²) in [6.45, 7) is 4.37. The van der Waals surface area contributed by atoms with Gasteiger partial charge in [-0.25, -0.2) is 0 Å². The van der Waals surface area contributed by atoms with E-state index in [-0.39, 0.29) is 18.5 Å². The van der Waals surface area contributed by atoms with Crippen LogP contribution in [0.15, 0.2) is 36.5 Å². The van der Waals surface area contributed by atoms with Gasteiger partial charge in [0.15, 0.2) is 0 Å². The Labute approximate surface area is 209 Å². The molecule has 0 saturated heterocycles. The maximum absolute atomic E-state index is 12.4. The summed E-state index contributed by atoms with van der Waals surface area (Å²) in [6.07, 6.45) is 31.6. The van der Waals surface area contributed by atoms with Crippen molar-refractivity contribution in [3.8, 4) is 0 Å². The van der Waals surface area contributed by atoms with Crippen LogP contribution in [-0.2, 0) is 14.3 Å². The van der Waals surface area contributed by atoms with Gasteiger partial charge < -0.3 is 9.84 Å². The third-order valence-corrected chi connectivity index (χ3v) is 5.86. The zero-order chi connectivity index (χ0) is 25.1. The fourth-order valence-electron chi connectivity index (χ4n) is 3.82. The Morgan fingerprint density at radius 3 is 1.82 bits per heavy atom. The van der Waals surface area contributed by atoms with Gasteiger partial charge in [-0.3, -0.25) is 9.59 Å². The van der Waals surface area contributed by atoms with E-state index in [1.165, 1.54) is 44.9 Å². The summed E-state index contributed by atoms with van der Waals surface area (Å²) in [5.41, 5.74) is 0. The molecule has 0 aromatic rings. The Balaban J connectivity index is 4.23. The molecular weight excluding hydrogens is 424 g/mol. The Morgan fingerprint density at radius 1 is 0.676 bits per heavy atom. The fraction of sp³-hybridized carbons (Fsp3) is 0.733. The lowest BCUT2D eigenvalue weighted by Gasteiger charge is -2.14. The molecule has 4 heteroatoms. The molecule has 0 aliphatic carbocycles. The Hall–Kier alpha value is -1.84. The van der Waals surface area contributed by atoms with Crippen molar-refractivity contribution in [2.24, 2.45) is 0 Å². The number of hydrogen-bond donors (Lipinski definition) is 1. The molecule has 0 heterocycles. The number of unbranched alkanes of at least 4 members (excludes halogenated alkanes) is 11. The smallest absolute Gasteiger partial charge is 0.306 e. The predicted molar refractivity (Wildman–Crippen MR) is 144 cm³/mol. The second-order valence-electron chi connectivity index (χ2n) is 9.20. The lowest BCUT2D eigenvalue weighted by molar-refractivity contribution is -0.147. The van der Waals surface area contributed by atoms with Crippen LogP contribution in [0.2, 0.25) is 0 Å². The highest BCUT2D eigenvalue weighted by Gasteiger charge is 2.11. The molecule has 196 valence electrons. The highest BCUT2D eigenvalue weighted by molar-refractivity contribution is 5.69. The molecule has 0 spiro atoms. The van der Waals surface area contributed by atoms with E-state index in [0.29, 0.717) is 12.8 Å². The van der Waals surface area contributed by atoms with Crippen molar-refractivity contribution in [2.75, 3.05) is 0 Å². The van der Waals surface area contributed by atoms with Crippen LogP contribution in [0, 0.1) is 0 Å². The summed E-state index contributed by atoms with van der Waals surface area (Å²) in [5.74, 6) is -0.826. The number of ether oxygens (including phenoxy) is 1. The first-order valence-electron chi connectivity index (χ1n) is 14.0. The van der Waals surface area contributed by atoms with Crippen LogP contribution in [-0.4, -0.2) is 23.1 Å². The van der Waals surface area contributed by atoms with Crippen LogP contribution in [0.25, 0.3) is 0 Å². The van der Waals surface area contributed by atoms with Gasteiger partial charge in [0.2, 0.25) is 0 Å². The van der Waals surface area contributed by atoms with Crippen LogP contribution < -0.4 is 0 Å². The van der Waals surface area contributed by atoms with Crippen LogP contribution in [0.5, 0.6) is 0 Å². The summed E-state index contributed by atoms with van der Waals surface area (Å²) in [5, 5.41) is 8.74. The topological polar surface area (TPSA) is 63.6 Å². The lowest BCUT2D eigenvalue weighted by atomic mass is 10.1. The zero-order valence-corrected chi connectivity index (χ0v) is 22.1. The lowest BCUT2D eigenvalue weighted by Crippen LogP contribution is -2.16. The number of allylic oxidation sites excluding steroid dienone is 5. The summed E-state index contributed by atoms with van der Waals surface area (Å²) in [4.78, 5) is 23.0. The Morgan fingerprint density at radius 2 is 1.21 bits per heavy atom. The van der Waals surface area contributed by atoms with Crippen LogP contribution in [0.1, 0.15) is 136 Å². The molecule has 1 atom stereocenters. The van der Waals surface area contributed by atoms with Gasteiger partial charge in [0, 0.05) is 12.8 Å².